The zero-order valence-electron chi connectivity index (χ0n) is 19.0. The molecule has 2 heterocycles. The van der Waals surface area contributed by atoms with Crippen LogP contribution in [-0.4, -0.2) is 38.9 Å². The number of hydrogen-bond acceptors (Lipinski definition) is 5. The fourth-order valence-electron chi connectivity index (χ4n) is 3.44. The molecule has 0 spiro atoms. The lowest BCUT2D eigenvalue weighted by Gasteiger charge is -2.15. The van der Waals surface area contributed by atoms with Gasteiger partial charge in [0.15, 0.2) is 5.96 Å². The third kappa shape index (κ3) is 7.14. The van der Waals surface area contributed by atoms with E-state index in [-0.39, 0.29) is 30.1 Å². The van der Waals surface area contributed by atoms with Crippen LogP contribution in [0.3, 0.4) is 0 Å². The number of benzene rings is 2. The van der Waals surface area contributed by atoms with Gasteiger partial charge in [-0.05, 0) is 47.5 Å². The summed E-state index contributed by atoms with van der Waals surface area (Å²) in [4.78, 5) is 18.1. The van der Waals surface area contributed by atoms with Crippen molar-refractivity contribution in [3.63, 3.8) is 0 Å². The maximum atomic E-state index is 11.7. The second-order valence-corrected chi connectivity index (χ2v) is 7.56. The van der Waals surface area contributed by atoms with Crippen LogP contribution >= 0.6 is 24.0 Å². The second-order valence-electron chi connectivity index (χ2n) is 7.56. The third-order valence-electron chi connectivity index (χ3n) is 5.29. The van der Waals surface area contributed by atoms with E-state index in [0.717, 1.165) is 34.7 Å². The lowest BCUT2D eigenvalue weighted by Crippen LogP contribution is -2.38. The first-order chi connectivity index (χ1) is 16.2. The molecule has 4 rings (SSSR count). The molecule has 2 N–H and O–H groups in total. The highest BCUT2D eigenvalue weighted by molar-refractivity contribution is 14.0. The summed E-state index contributed by atoms with van der Waals surface area (Å²) in [5, 5.41) is 6.75. The molecule has 1 saturated heterocycles. The summed E-state index contributed by atoms with van der Waals surface area (Å²) >= 11 is 0. The van der Waals surface area contributed by atoms with E-state index in [9.17, 15) is 4.79 Å². The normalized spacial score (nSPS) is 13.3. The van der Waals surface area contributed by atoms with Crippen LogP contribution in [0.15, 0.2) is 76.3 Å². The molecule has 1 aliphatic rings. The van der Waals surface area contributed by atoms with Crippen LogP contribution in [0.5, 0.6) is 5.75 Å². The Morgan fingerprint density at radius 1 is 1.06 bits per heavy atom. The van der Waals surface area contributed by atoms with Crippen molar-refractivity contribution in [2.75, 3.05) is 31.7 Å². The summed E-state index contributed by atoms with van der Waals surface area (Å²) in [6, 6.07) is 19.6. The molecule has 0 bridgehead atoms. The number of anilines is 1. The zero-order valence-corrected chi connectivity index (χ0v) is 21.4. The average Bonchev–Trinajstić information content (AvgIpc) is 3.53. The van der Waals surface area contributed by atoms with E-state index in [0.29, 0.717) is 38.7 Å². The Hall–Kier alpha value is -3.21. The van der Waals surface area contributed by atoms with Gasteiger partial charge in [-0.15, -0.1) is 24.0 Å². The highest BCUT2D eigenvalue weighted by atomic mass is 127. The third-order valence-corrected chi connectivity index (χ3v) is 5.29. The van der Waals surface area contributed by atoms with Crippen molar-refractivity contribution in [2.45, 2.75) is 19.5 Å². The van der Waals surface area contributed by atoms with Gasteiger partial charge in [0.2, 0.25) is 0 Å². The largest absolute Gasteiger partial charge is 0.497 e. The molecule has 3 aromatic rings. The number of hydrogen-bond donors (Lipinski definition) is 2. The van der Waals surface area contributed by atoms with Crippen LogP contribution in [0.2, 0.25) is 0 Å². The molecule has 180 valence electrons. The standard InChI is InChI=1S/C25H28N4O4.HI/c1-31-22-10-6-20(7-11-22)18-28-24(26-13-12-23-3-2-15-32-23)27-17-19-4-8-21(9-5-19)29-14-16-33-25(29)30;/h2-11,15H,12-14,16-18H2,1H3,(H2,26,27,28);1H. The Bertz CT molecular complexity index is 1050. The molecule has 0 unspecified atom stereocenters. The molecule has 0 aliphatic carbocycles. The molecule has 34 heavy (non-hydrogen) atoms. The molecule has 2 aromatic carbocycles. The molecule has 1 aromatic heterocycles. The minimum atomic E-state index is -0.297. The second kappa shape index (κ2) is 12.9. The molecular formula is C25H29IN4O4. The number of methoxy groups -OCH3 is 1. The van der Waals surface area contributed by atoms with Crippen molar-refractivity contribution >= 4 is 41.7 Å². The van der Waals surface area contributed by atoms with Crippen LogP contribution < -0.4 is 20.3 Å². The molecule has 1 aliphatic heterocycles. The van der Waals surface area contributed by atoms with Crippen molar-refractivity contribution in [1.82, 2.24) is 10.6 Å². The Labute approximate surface area is 216 Å². The highest BCUT2D eigenvalue weighted by Crippen LogP contribution is 2.19. The Balaban J connectivity index is 0.00000324. The maximum absolute atomic E-state index is 11.7. The number of halogens is 1. The van der Waals surface area contributed by atoms with Crippen LogP contribution in [0.25, 0.3) is 0 Å². The van der Waals surface area contributed by atoms with Gasteiger partial charge in [0.1, 0.15) is 18.1 Å². The monoisotopic (exact) mass is 576 g/mol. The van der Waals surface area contributed by atoms with Gasteiger partial charge in [-0.1, -0.05) is 24.3 Å². The molecule has 0 saturated carbocycles. The van der Waals surface area contributed by atoms with Gasteiger partial charge in [-0.3, -0.25) is 4.90 Å². The lowest BCUT2D eigenvalue weighted by molar-refractivity contribution is 0.181. The van der Waals surface area contributed by atoms with Gasteiger partial charge in [-0.25, -0.2) is 9.79 Å². The van der Waals surface area contributed by atoms with Gasteiger partial charge >= 0.3 is 6.09 Å². The summed E-state index contributed by atoms with van der Waals surface area (Å²) in [7, 11) is 1.65. The molecule has 1 amide bonds. The number of rotatable bonds is 9. The molecule has 8 nitrogen and oxygen atoms in total. The molecule has 9 heteroatoms. The molecule has 0 radical (unpaired) electrons. The number of aliphatic imine (C=N–C) groups is 1. The Morgan fingerprint density at radius 2 is 1.82 bits per heavy atom. The van der Waals surface area contributed by atoms with Gasteiger partial charge in [0.05, 0.1) is 26.5 Å². The Morgan fingerprint density at radius 3 is 2.47 bits per heavy atom. The summed E-state index contributed by atoms with van der Waals surface area (Å²) in [6.07, 6.45) is 2.14. The van der Waals surface area contributed by atoms with Crippen molar-refractivity contribution in [1.29, 1.82) is 0 Å². The number of nitrogens with one attached hydrogen (secondary N) is 2. The highest BCUT2D eigenvalue weighted by Gasteiger charge is 2.23. The van der Waals surface area contributed by atoms with E-state index >= 15 is 0 Å². The van der Waals surface area contributed by atoms with Crippen molar-refractivity contribution in [3.8, 4) is 5.75 Å². The number of carbonyl (C=O) groups excluding carboxylic acids is 1. The first kappa shape index (κ1) is 25.4. The van der Waals surface area contributed by atoms with Gasteiger partial charge in [-0.2, -0.15) is 0 Å². The fourth-order valence-corrected chi connectivity index (χ4v) is 3.44. The molecule has 0 atom stereocenters. The minimum absolute atomic E-state index is 0. The van der Waals surface area contributed by atoms with Crippen molar-refractivity contribution in [2.24, 2.45) is 4.99 Å². The number of cyclic esters (lactones) is 1. The van der Waals surface area contributed by atoms with Gasteiger partial charge < -0.3 is 24.5 Å². The van der Waals surface area contributed by atoms with Crippen LogP contribution in [0, 0.1) is 0 Å². The summed E-state index contributed by atoms with van der Waals surface area (Å²) in [5.74, 6) is 2.46. The summed E-state index contributed by atoms with van der Waals surface area (Å²) in [5.41, 5.74) is 3.01. The minimum Gasteiger partial charge on any atom is -0.497 e. The Kier molecular flexibility index (Phi) is 9.62. The number of carbonyl (C=O) groups is 1. The van der Waals surface area contributed by atoms with Crippen LogP contribution in [0.1, 0.15) is 16.9 Å². The van der Waals surface area contributed by atoms with E-state index in [1.807, 2.05) is 60.7 Å². The smallest absolute Gasteiger partial charge is 0.414 e. The van der Waals surface area contributed by atoms with E-state index in [1.165, 1.54) is 0 Å². The summed E-state index contributed by atoms with van der Waals surface area (Å²) < 4.78 is 15.6. The van der Waals surface area contributed by atoms with Crippen molar-refractivity contribution in [3.05, 3.63) is 83.8 Å². The van der Waals surface area contributed by atoms with Crippen LogP contribution in [0.4, 0.5) is 10.5 Å². The maximum Gasteiger partial charge on any atom is 0.414 e. The van der Waals surface area contributed by atoms with Gasteiger partial charge in [0.25, 0.3) is 0 Å². The first-order valence-electron chi connectivity index (χ1n) is 10.9. The molecular weight excluding hydrogens is 547 g/mol. The van der Waals surface area contributed by atoms with Crippen LogP contribution in [-0.2, 0) is 24.2 Å². The van der Waals surface area contributed by atoms with E-state index in [4.69, 9.17) is 18.9 Å². The average molecular weight is 576 g/mol. The van der Waals surface area contributed by atoms with Gasteiger partial charge in [0, 0.05) is 25.2 Å². The fraction of sp³-hybridized carbons (Fsp3) is 0.280. The number of furan rings is 1. The number of amides is 1. The first-order valence-corrected chi connectivity index (χ1v) is 10.9. The number of ether oxygens (including phenoxy) is 2. The van der Waals surface area contributed by atoms with E-state index in [2.05, 4.69) is 10.6 Å². The predicted octanol–water partition coefficient (Wildman–Crippen LogP) is 4.34. The van der Waals surface area contributed by atoms with E-state index in [1.54, 1.807) is 18.3 Å². The van der Waals surface area contributed by atoms with E-state index < -0.39 is 0 Å². The summed E-state index contributed by atoms with van der Waals surface area (Å²) in [6.45, 7) is 2.84. The lowest BCUT2D eigenvalue weighted by atomic mass is 10.2. The topological polar surface area (TPSA) is 88.3 Å². The number of guanidine groups is 1. The van der Waals surface area contributed by atoms with Crippen molar-refractivity contribution < 1.29 is 18.7 Å². The molecule has 1 fully saturated rings. The SMILES string of the molecule is COc1ccc(CN=C(NCCc2ccco2)NCc2ccc(N3CCOC3=O)cc2)cc1.I. The quantitative estimate of drug-likeness (QED) is 0.224. The zero-order chi connectivity index (χ0) is 22.9. The predicted molar refractivity (Wildman–Crippen MR) is 142 cm³/mol. The number of nitrogens with zero attached hydrogens (tertiary/aromatic N) is 2.